The lowest BCUT2D eigenvalue weighted by molar-refractivity contribution is 0.319. The van der Waals surface area contributed by atoms with E-state index in [9.17, 15) is 0 Å². The highest BCUT2D eigenvalue weighted by molar-refractivity contribution is 5.43. The van der Waals surface area contributed by atoms with Crippen LogP contribution < -0.4 is 9.47 Å². The molecule has 0 aliphatic carbocycles. The van der Waals surface area contributed by atoms with E-state index in [0.29, 0.717) is 23.7 Å². The van der Waals surface area contributed by atoms with Gasteiger partial charge >= 0.3 is 0 Å². The Balaban J connectivity index is 1.98. The van der Waals surface area contributed by atoms with Crippen LogP contribution in [0, 0.1) is 11.3 Å². The zero-order valence-corrected chi connectivity index (χ0v) is 10.8. The highest BCUT2D eigenvalue weighted by Gasteiger charge is 2.02. The molecule has 0 heterocycles. The first-order valence-corrected chi connectivity index (χ1v) is 6.08. The summed E-state index contributed by atoms with van der Waals surface area (Å²) in [6, 6.07) is 17.4. The largest absolute Gasteiger partial charge is 0.497 e. The number of methoxy groups -OCH3 is 1. The molecular weight excluding hydrogens is 238 g/mol. The van der Waals surface area contributed by atoms with Gasteiger partial charge in [-0.25, -0.2) is 0 Å². The molecule has 96 valence electrons. The van der Waals surface area contributed by atoms with Crippen molar-refractivity contribution in [1.29, 1.82) is 5.26 Å². The number of nitriles is 1. The SMILES string of the molecule is COc1cc(C#N)cc(OCCc2ccccc2)c1. The van der Waals surface area contributed by atoms with Gasteiger partial charge in [-0.15, -0.1) is 0 Å². The molecule has 0 saturated carbocycles. The van der Waals surface area contributed by atoms with Gasteiger partial charge in [-0.1, -0.05) is 30.3 Å². The Morgan fingerprint density at radius 2 is 1.79 bits per heavy atom. The Bertz CT molecular complexity index is 573. The second-order valence-electron chi connectivity index (χ2n) is 4.09. The van der Waals surface area contributed by atoms with Crippen LogP contribution in [0.5, 0.6) is 11.5 Å². The van der Waals surface area contributed by atoms with Crippen molar-refractivity contribution in [2.45, 2.75) is 6.42 Å². The van der Waals surface area contributed by atoms with E-state index in [1.807, 2.05) is 18.2 Å². The second kappa shape index (κ2) is 6.46. The Morgan fingerprint density at radius 1 is 1.05 bits per heavy atom. The van der Waals surface area contributed by atoms with E-state index < -0.39 is 0 Å². The maximum atomic E-state index is 8.92. The lowest BCUT2D eigenvalue weighted by Crippen LogP contribution is -2.01. The third-order valence-corrected chi connectivity index (χ3v) is 2.75. The summed E-state index contributed by atoms with van der Waals surface area (Å²) < 4.78 is 10.8. The van der Waals surface area contributed by atoms with E-state index in [2.05, 4.69) is 18.2 Å². The Hall–Kier alpha value is -2.47. The fourth-order valence-corrected chi connectivity index (χ4v) is 1.77. The third kappa shape index (κ3) is 3.75. The lowest BCUT2D eigenvalue weighted by atomic mass is 10.2. The van der Waals surface area contributed by atoms with Gasteiger partial charge in [0.25, 0.3) is 0 Å². The summed E-state index contributed by atoms with van der Waals surface area (Å²) in [6.45, 7) is 0.571. The van der Waals surface area contributed by atoms with E-state index in [4.69, 9.17) is 14.7 Å². The minimum absolute atomic E-state index is 0.536. The van der Waals surface area contributed by atoms with Crippen LogP contribution in [0.25, 0.3) is 0 Å². The van der Waals surface area contributed by atoms with Crippen LogP contribution in [0.2, 0.25) is 0 Å². The average molecular weight is 253 g/mol. The van der Waals surface area contributed by atoms with Gasteiger partial charge in [-0.3, -0.25) is 0 Å². The summed E-state index contributed by atoms with van der Waals surface area (Å²) in [5, 5.41) is 8.92. The van der Waals surface area contributed by atoms with E-state index in [0.717, 1.165) is 6.42 Å². The van der Waals surface area contributed by atoms with Gasteiger partial charge in [-0.05, 0) is 17.7 Å². The van der Waals surface area contributed by atoms with Crippen molar-refractivity contribution in [3.63, 3.8) is 0 Å². The molecule has 0 atom stereocenters. The number of hydrogen-bond donors (Lipinski definition) is 0. The molecule has 2 aromatic carbocycles. The molecule has 0 bridgehead atoms. The highest BCUT2D eigenvalue weighted by Crippen LogP contribution is 2.22. The monoisotopic (exact) mass is 253 g/mol. The zero-order valence-electron chi connectivity index (χ0n) is 10.8. The zero-order chi connectivity index (χ0) is 13.5. The van der Waals surface area contributed by atoms with Crippen LogP contribution >= 0.6 is 0 Å². The van der Waals surface area contributed by atoms with Crippen molar-refractivity contribution in [3.05, 3.63) is 59.7 Å². The van der Waals surface area contributed by atoms with Crippen molar-refractivity contribution >= 4 is 0 Å². The van der Waals surface area contributed by atoms with Gasteiger partial charge in [-0.2, -0.15) is 5.26 Å². The van der Waals surface area contributed by atoms with Crippen molar-refractivity contribution in [1.82, 2.24) is 0 Å². The quantitative estimate of drug-likeness (QED) is 0.821. The number of benzene rings is 2. The minimum Gasteiger partial charge on any atom is -0.497 e. The molecule has 0 spiro atoms. The Kier molecular flexibility index (Phi) is 4.41. The van der Waals surface area contributed by atoms with Gasteiger partial charge < -0.3 is 9.47 Å². The average Bonchev–Trinajstić information content (AvgIpc) is 2.48. The first-order valence-electron chi connectivity index (χ1n) is 6.08. The standard InChI is InChI=1S/C16H15NO2/c1-18-15-9-14(12-17)10-16(11-15)19-8-7-13-5-3-2-4-6-13/h2-6,9-11H,7-8H2,1H3. The van der Waals surface area contributed by atoms with Crippen LogP contribution in [-0.2, 0) is 6.42 Å². The van der Waals surface area contributed by atoms with Crippen LogP contribution in [0.15, 0.2) is 48.5 Å². The van der Waals surface area contributed by atoms with Gasteiger partial charge in [0.2, 0.25) is 0 Å². The van der Waals surface area contributed by atoms with Gasteiger partial charge in [0, 0.05) is 12.5 Å². The molecular formula is C16H15NO2. The summed E-state index contributed by atoms with van der Waals surface area (Å²) in [7, 11) is 1.57. The predicted octanol–water partition coefficient (Wildman–Crippen LogP) is 3.19. The van der Waals surface area contributed by atoms with Gasteiger partial charge in [0.15, 0.2) is 0 Å². The van der Waals surface area contributed by atoms with Crippen molar-refractivity contribution in [2.75, 3.05) is 13.7 Å². The molecule has 19 heavy (non-hydrogen) atoms. The molecule has 2 aromatic rings. The molecule has 0 radical (unpaired) electrons. The van der Waals surface area contributed by atoms with Crippen molar-refractivity contribution < 1.29 is 9.47 Å². The third-order valence-electron chi connectivity index (χ3n) is 2.75. The predicted molar refractivity (Wildman–Crippen MR) is 73.4 cm³/mol. The molecule has 0 unspecified atom stereocenters. The van der Waals surface area contributed by atoms with Crippen LogP contribution in [0.3, 0.4) is 0 Å². The van der Waals surface area contributed by atoms with Crippen LogP contribution in [0.1, 0.15) is 11.1 Å². The summed E-state index contributed by atoms with van der Waals surface area (Å²) in [5.41, 5.74) is 1.76. The summed E-state index contributed by atoms with van der Waals surface area (Å²) in [5.74, 6) is 1.29. The number of nitrogens with zero attached hydrogens (tertiary/aromatic N) is 1. The van der Waals surface area contributed by atoms with Crippen molar-refractivity contribution in [2.24, 2.45) is 0 Å². The maximum Gasteiger partial charge on any atom is 0.124 e. The summed E-state index contributed by atoms with van der Waals surface area (Å²) in [6.07, 6.45) is 0.833. The molecule has 3 nitrogen and oxygen atoms in total. The fourth-order valence-electron chi connectivity index (χ4n) is 1.77. The Morgan fingerprint density at radius 3 is 2.47 bits per heavy atom. The molecule has 0 amide bonds. The van der Waals surface area contributed by atoms with E-state index in [1.54, 1.807) is 25.3 Å². The molecule has 0 aliphatic rings. The first kappa shape index (κ1) is 13.0. The number of rotatable bonds is 5. The molecule has 0 aromatic heterocycles. The molecule has 0 aliphatic heterocycles. The smallest absolute Gasteiger partial charge is 0.124 e. The molecule has 0 fully saturated rings. The number of hydrogen-bond acceptors (Lipinski definition) is 3. The molecule has 0 saturated heterocycles. The topological polar surface area (TPSA) is 42.2 Å². The van der Waals surface area contributed by atoms with Crippen LogP contribution in [-0.4, -0.2) is 13.7 Å². The van der Waals surface area contributed by atoms with Crippen molar-refractivity contribution in [3.8, 4) is 17.6 Å². The second-order valence-corrected chi connectivity index (χ2v) is 4.09. The molecule has 2 rings (SSSR count). The highest BCUT2D eigenvalue weighted by atomic mass is 16.5. The molecule has 0 N–H and O–H groups in total. The summed E-state index contributed by atoms with van der Waals surface area (Å²) in [4.78, 5) is 0. The van der Waals surface area contributed by atoms with E-state index in [1.165, 1.54) is 5.56 Å². The van der Waals surface area contributed by atoms with Crippen LogP contribution in [0.4, 0.5) is 0 Å². The van der Waals surface area contributed by atoms with Gasteiger partial charge in [0.05, 0.1) is 25.3 Å². The maximum absolute atomic E-state index is 8.92. The Labute approximate surface area is 113 Å². The normalized spacial score (nSPS) is 9.68. The number of ether oxygens (including phenoxy) is 2. The van der Waals surface area contributed by atoms with Gasteiger partial charge in [0.1, 0.15) is 11.5 Å². The molecule has 3 heteroatoms. The van der Waals surface area contributed by atoms with E-state index >= 15 is 0 Å². The fraction of sp³-hybridized carbons (Fsp3) is 0.188. The van der Waals surface area contributed by atoms with E-state index in [-0.39, 0.29) is 0 Å². The lowest BCUT2D eigenvalue weighted by Gasteiger charge is -2.08. The minimum atomic E-state index is 0.536. The first-order chi connectivity index (χ1) is 9.31. The summed E-state index contributed by atoms with van der Waals surface area (Å²) >= 11 is 0.